The molecule has 2 aromatic carbocycles. The van der Waals surface area contributed by atoms with E-state index in [9.17, 15) is 19.5 Å². The van der Waals surface area contributed by atoms with E-state index in [0.29, 0.717) is 48.8 Å². The predicted molar refractivity (Wildman–Crippen MR) is 142 cm³/mol. The number of hydrogen-bond acceptors (Lipinski definition) is 5. The van der Waals surface area contributed by atoms with Crippen LogP contribution in [0, 0.1) is 5.92 Å². The van der Waals surface area contributed by atoms with E-state index in [1.807, 2.05) is 48.3 Å². The summed E-state index contributed by atoms with van der Waals surface area (Å²) in [7, 11) is 5.21. The van der Waals surface area contributed by atoms with Gasteiger partial charge in [0.15, 0.2) is 0 Å². The lowest BCUT2D eigenvalue weighted by molar-refractivity contribution is -0.137. The van der Waals surface area contributed by atoms with E-state index >= 15 is 0 Å². The zero-order valence-corrected chi connectivity index (χ0v) is 21.5. The van der Waals surface area contributed by atoms with E-state index in [1.54, 1.807) is 30.9 Å². The number of nitrogens with one attached hydrogen (secondary N) is 1. The Hall–Kier alpha value is -4.01. The van der Waals surface area contributed by atoms with Gasteiger partial charge in [0, 0.05) is 49.3 Å². The van der Waals surface area contributed by atoms with E-state index in [4.69, 9.17) is 10.5 Å². The summed E-state index contributed by atoms with van der Waals surface area (Å²) in [5.41, 5.74) is 6.65. The van der Waals surface area contributed by atoms with Gasteiger partial charge in [0.25, 0.3) is 0 Å². The highest BCUT2D eigenvalue weighted by molar-refractivity contribution is 6.05. The minimum absolute atomic E-state index is 0.000982. The molecule has 4 rings (SSSR count). The predicted octanol–water partition coefficient (Wildman–Crippen LogP) is 3.05. The van der Waals surface area contributed by atoms with Gasteiger partial charge in [-0.15, -0.1) is 0 Å². The number of para-hydroxylation sites is 1. The van der Waals surface area contributed by atoms with Gasteiger partial charge in [-0.1, -0.05) is 31.0 Å². The lowest BCUT2D eigenvalue weighted by atomic mass is 9.61. The van der Waals surface area contributed by atoms with Crippen LogP contribution >= 0.6 is 0 Å². The average molecular weight is 507 g/mol. The number of methoxy groups -OCH3 is 1. The number of anilines is 1. The molecule has 9 heteroatoms. The number of benzene rings is 2. The molecule has 37 heavy (non-hydrogen) atoms. The highest BCUT2D eigenvalue weighted by Crippen LogP contribution is 2.48. The van der Waals surface area contributed by atoms with Crippen molar-refractivity contribution in [2.75, 3.05) is 32.1 Å². The molecule has 9 nitrogen and oxygen atoms in total. The molecule has 0 saturated heterocycles. The molecule has 0 unspecified atom stereocenters. The molecule has 1 aromatic heterocycles. The number of nitrogens with two attached hydrogens (primary N) is 1. The van der Waals surface area contributed by atoms with Crippen molar-refractivity contribution >= 4 is 34.4 Å². The van der Waals surface area contributed by atoms with Crippen LogP contribution < -0.4 is 20.7 Å². The molecular formula is C28H34N4O5. The van der Waals surface area contributed by atoms with Gasteiger partial charge in [-0.2, -0.15) is 0 Å². The fourth-order valence-electron chi connectivity index (χ4n) is 5.78. The van der Waals surface area contributed by atoms with Gasteiger partial charge < -0.3 is 30.4 Å². The molecule has 2 atom stereocenters. The molecule has 1 heterocycles. The Bertz CT molecular complexity index is 1320. The van der Waals surface area contributed by atoms with Crippen LogP contribution in [0.1, 0.15) is 41.7 Å². The zero-order chi connectivity index (χ0) is 26.7. The third kappa shape index (κ3) is 4.61. The van der Waals surface area contributed by atoms with Gasteiger partial charge in [0.2, 0.25) is 11.8 Å². The maximum absolute atomic E-state index is 13.6. The van der Waals surface area contributed by atoms with Crippen LogP contribution in [-0.2, 0) is 22.1 Å². The SMILES string of the molecule is COc1ccc(N(C)CCNC(=O)[C@@H]2CCCC[C@@]2(C(N)=O)c2c(C(=O)O)n(C)c3ccccc23)cc1. The van der Waals surface area contributed by atoms with Crippen LogP contribution in [0.3, 0.4) is 0 Å². The topological polar surface area (TPSA) is 127 Å². The summed E-state index contributed by atoms with van der Waals surface area (Å²) in [6, 6.07) is 14.9. The minimum atomic E-state index is -1.42. The van der Waals surface area contributed by atoms with Gasteiger partial charge in [-0.05, 0) is 43.2 Å². The third-order valence-corrected chi connectivity index (χ3v) is 7.68. The Morgan fingerprint density at radius 1 is 1.16 bits per heavy atom. The van der Waals surface area contributed by atoms with Crippen molar-refractivity contribution in [2.45, 2.75) is 31.1 Å². The normalized spacial score (nSPS) is 19.4. The van der Waals surface area contributed by atoms with E-state index < -0.39 is 23.2 Å². The van der Waals surface area contributed by atoms with Crippen LogP contribution in [0.2, 0.25) is 0 Å². The number of ether oxygens (including phenoxy) is 1. The van der Waals surface area contributed by atoms with Crippen LogP contribution in [0.25, 0.3) is 10.9 Å². The van der Waals surface area contributed by atoms with E-state index in [2.05, 4.69) is 5.32 Å². The number of carboxylic acids is 1. The second kappa shape index (κ2) is 10.5. The number of nitrogens with zero attached hydrogens (tertiary/aromatic N) is 2. The van der Waals surface area contributed by atoms with Gasteiger partial charge >= 0.3 is 5.97 Å². The highest BCUT2D eigenvalue weighted by atomic mass is 16.5. The minimum Gasteiger partial charge on any atom is -0.497 e. The van der Waals surface area contributed by atoms with Crippen LogP contribution in [0.15, 0.2) is 48.5 Å². The Labute approximate surface area is 216 Å². The molecule has 2 amide bonds. The van der Waals surface area contributed by atoms with Crippen LogP contribution in [0.5, 0.6) is 5.75 Å². The summed E-state index contributed by atoms with van der Waals surface area (Å²) in [4.78, 5) is 41.3. The second-order valence-electron chi connectivity index (χ2n) is 9.65. The van der Waals surface area contributed by atoms with E-state index in [1.165, 1.54) is 0 Å². The first-order valence-electron chi connectivity index (χ1n) is 12.5. The van der Waals surface area contributed by atoms with Crippen LogP contribution in [-0.4, -0.2) is 54.7 Å². The second-order valence-corrected chi connectivity index (χ2v) is 9.65. The summed E-state index contributed by atoms with van der Waals surface area (Å²) in [5.74, 6) is -2.11. The lowest BCUT2D eigenvalue weighted by Gasteiger charge is -2.41. The highest BCUT2D eigenvalue weighted by Gasteiger charge is 2.53. The average Bonchev–Trinajstić information content (AvgIpc) is 3.21. The first kappa shape index (κ1) is 26.1. The maximum Gasteiger partial charge on any atom is 0.352 e. The number of carbonyl (C=O) groups is 3. The summed E-state index contributed by atoms with van der Waals surface area (Å²) in [5, 5.41) is 13.8. The van der Waals surface area contributed by atoms with Crippen molar-refractivity contribution in [3.05, 3.63) is 59.8 Å². The third-order valence-electron chi connectivity index (χ3n) is 7.68. The van der Waals surface area contributed by atoms with Crippen molar-refractivity contribution in [2.24, 2.45) is 18.7 Å². The summed E-state index contributed by atoms with van der Waals surface area (Å²) in [6.45, 7) is 0.900. The Morgan fingerprint density at radius 2 is 1.86 bits per heavy atom. The largest absolute Gasteiger partial charge is 0.497 e. The number of likely N-dealkylation sites (N-methyl/N-ethyl adjacent to an activating group) is 1. The molecule has 1 saturated carbocycles. The first-order valence-corrected chi connectivity index (χ1v) is 12.5. The van der Waals surface area contributed by atoms with Crippen molar-refractivity contribution < 1.29 is 24.2 Å². The Morgan fingerprint density at radius 3 is 2.51 bits per heavy atom. The lowest BCUT2D eigenvalue weighted by Crippen LogP contribution is -2.55. The molecule has 0 aliphatic heterocycles. The molecule has 1 aliphatic carbocycles. The summed E-state index contributed by atoms with van der Waals surface area (Å²) >= 11 is 0. The number of carbonyl (C=O) groups excluding carboxylic acids is 2. The summed E-state index contributed by atoms with van der Waals surface area (Å²) in [6.07, 6.45) is 2.20. The number of carboxylic acid groups (broad SMARTS) is 1. The molecule has 0 spiro atoms. The summed E-state index contributed by atoms with van der Waals surface area (Å²) < 4.78 is 6.78. The number of aromatic carboxylic acids is 1. The Kier molecular flexibility index (Phi) is 7.42. The smallest absolute Gasteiger partial charge is 0.352 e. The standard InChI is InChI=1S/C28H34N4O5/c1-31(18-11-13-19(37-3)14-12-18)17-16-30-25(33)21-9-6-7-15-28(21,27(29)36)23-20-8-4-5-10-22(20)32(2)24(23)26(34)35/h4-5,8,10-14,21H,6-7,9,15-17H2,1-3H3,(H2,29,36)(H,30,33)(H,34,35)/t21-,28-/m0/s1. The molecule has 3 aromatic rings. The van der Waals surface area contributed by atoms with Gasteiger partial charge in [0.05, 0.1) is 18.4 Å². The van der Waals surface area contributed by atoms with Crippen molar-refractivity contribution in [1.29, 1.82) is 0 Å². The number of fused-ring (bicyclic) bond motifs is 1. The first-order chi connectivity index (χ1) is 17.7. The molecule has 0 radical (unpaired) electrons. The fraction of sp³-hybridized carbons (Fsp3) is 0.393. The zero-order valence-electron chi connectivity index (χ0n) is 21.5. The van der Waals surface area contributed by atoms with Crippen molar-refractivity contribution in [3.8, 4) is 5.75 Å². The van der Waals surface area contributed by atoms with E-state index in [0.717, 1.165) is 17.9 Å². The number of primary amides is 1. The maximum atomic E-state index is 13.6. The van der Waals surface area contributed by atoms with Gasteiger partial charge in [-0.3, -0.25) is 9.59 Å². The molecular weight excluding hydrogens is 472 g/mol. The monoisotopic (exact) mass is 506 g/mol. The molecule has 1 fully saturated rings. The van der Waals surface area contributed by atoms with Gasteiger partial charge in [-0.25, -0.2) is 4.79 Å². The molecule has 4 N–H and O–H groups in total. The number of amides is 2. The number of aryl methyl sites for hydroxylation is 1. The number of hydrogen-bond donors (Lipinski definition) is 3. The van der Waals surface area contributed by atoms with E-state index in [-0.39, 0.29) is 11.6 Å². The van der Waals surface area contributed by atoms with Gasteiger partial charge in [0.1, 0.15) is 11.4 Å². The van der Waals surface area contributed by atoms with Crippen molar-refractivity contribution in [3.63, 3.8) is 0 Å². The molecule has 0 bridgehead atoms. The Balaban J connectivity index is 1.64. The van der Waals surface area contributed by atoms with Crippen molar-refractivity contribution in [1.82, 2.24) is 9.88 Å². The number of rotatable bonds is 9. The molecule has 1 aliphatic rings. The number of aromatic nitrogens is 1. The quantitative estimate of drug-likeness (QED) is 0.409. The van der Waals surface area contributed by atoms with Crippen LogP contribution in [0.4, 0.5) is 5.69 Å². The molecule has 196 valence electrons. The fourth-order valence-corrected chi connectivity index (χ4v) is 5.78.